The van der Waals surface area contributed by atoms with E-state index >= 15 is 0 Å². The molecule has 1 rings (SSSR count). The first-order valence-electron chi connectivity index (χ1n) is 5.70. The highest BCUT2D eigenvalue weighted by atomic mass is 79.9. The maximum Gasteiger partial charge on any atom is 0.254 e. The molecule has 0 fully saturated rings. The number of rotatable bonds is 6. The summed E-state index contributed by atoms with van der Waals surface area (Å²) in [5.74, 6) is 0.0466. The van der Waals surface area contributed by atoms with Crippen LogP contribution in [0.1, 0.15) is 15.9 Å². The fraction of sp³-hybridized carbons (Fsp3) is 0.462. The van der Waals surface area contributed by atoms with Crippen LogP contribution in [-0.2, 0) is 4.74 Å². The SMILES string of the molecule is COCCN(CCBr)C(=O)c1cc(Br)ccc1C. The van der Waals surface area contributed by atoms with Gasteiger partial charge in [0.2, 0.25) is 0 Å². The Morgan fingerprint density at radius 3 is 2.72 bits per heavy atom. The molecule has 1 aromatic carbocycles. The number of halogens is 2. The van der Waals surface area contributed by atoms with Crippen LogP contribution in [0.2, 0.25) is 0 Å². The molecular weight excluding hydrogens is 362 g/mol. The Morgan fingerprint density at radius 1 is 1.39 bits per heavy atom. The summed E-state index contributed by atoms with van der Waals surface area (Å²) < 4.78 is 5.96. The molecule has 5 heteroatoms. The number of ether oxygens (including phenoxy) is 1. The predicted octanol–water partition coefficient (Wildman–Crippen LogP) is 3.24. The van der Waals surface area contributed by atoms with E-state index < -0.39 is 0 Å². The van der Waals surface area contributed by atoms with Gasteiger partial charge in [0.15, 0.2) is 0 Å². The van der Waals surface area contributed by atoms with Crippen LogP contribution < -0.4 is 0 Å². The van der Waals surface area contributed by atoms with Crippen molar-refractivity contribution in [2.45, 2.75) is 6.92 Å². The Bertz CT molecular complexity index is 410. The van der Waals surface area contributed by atoms with Crippen molar-refractivity contribution in [1.29, 1.82) is 0 Å². The van der Waals surface area contributed by atoms with Gasteiger partial charge in [-0.1, -0.05) is 37.9 Å². The number of nitrogens with zero attached hydrogens (tertiary/aromatic N) is 1. The smallest absolute Gasteiger partial charge is 0.254 e. The lowest BCUT2D eigenvalue weighted by molar-refractivity contribution is 0.0708. The first kappa shape index (κ1) is 15.7. The Labute approximate surface area is 125 Å². The van der Waals surface area contributed by atoms with E-state index in [0.717, 1.165) is 20.9 Å². The van der Waals surface area contributed by atoms with Gasteiger partial charge in [0.25, 0.3) is 5.91 Å². The summed E-state index contributed by atoms with van der Waals surface area (Å²) >= 11 is 6.77. The maximum atomic E-state index is 12.4. The Balaban J connectivity index is 2.90. The fourth-order valence-corrected chi connectivity index (χ4v) is 2.40. The van der Waals surface area contributed by atoms with Gasteiger partial charge in [0.1, 0.15) is 0 Å². The van der Waals surface area contributed by atoms with E-state index in [1.54, 1.807) is 12.0 Å². The Kier molecular flexibility index (Phi) is 6.89. The summed E-state index contributed by atoms with van der Waals surface area (Å²) in [6, 6.07) is 5.75. The first-order valence-corrected chi connectivity index (χ1v) is 7.62. The predicted molar refractivity (Wildman–Crippen MR) is 80.5 cm³/mol. The van der Waals surface area contributed by atoms with E-state index in [1.165, 1.54) is 0 Å². The van der Waals surface area contributed by atoms with E-state index in [9.17, 15) is 4.79 Å². The van der Waals surface area contributed by atoms with Crippen molar-refractivity contribution in [3.05, 3.63) is 33.8 Å². The van der Waals surface area contributed by atoms with Crippen LogP contribution in [0, 0.1) is 6.92 Å². The summed E-state index contributed by atoms with van der Waals surface area (Å²) in [6.07, 6.45) is 0. The molecule has 0 heterocycles. The largest absolute Gasteiger partial charge is 0.383 e. The molecule has 0 spiro atoms. The van der Waals surface area contributed by atoms with Crippen molar-refractivity contribution in [2.75, 3.05) is 32.1 Å². The van der Waals surface area contributed by atoms with Crippen LogP contribution >= 0.6 is 31.9 Å². The van der Waals surface area contributed by atoms with Crippen LogP contribution in [0.4, 0.5) is 0 Å². The third-order valence-electron chi connectivity index (χ3n) is 2.64. The summed E-state index contributed by atoms with van der Waals surface area (Å²) in [5.41, 5.74) is 1.72. The molecule has 0 saturated heterocycles. The minimum atomic E-state index is 0.0466. The summed E-state index contributed by atoms with van der Waals surface area (Å²) in [6.45, 7) is 3.77. The van der Waals surface area contributed by atoms with Crippen molar-refractivity contribution < 1.29 is 9.53 Å². The molecule has 0 N–H and O–H groups in total. The average molecular weight is 379 g/mol. The van der Waals surface area contributed by atoms with Crippen LogP contribution in [0.3, 0.4) is 0 Å². The molecule has 0 bridgehead atoms. The molecule has 0 unspecified atom stereocenters. The van der Waals surface area contributed by atoms with Crippen molar-refractivity contribution in [3.8, 4) is 0 Å². The normalized spacial score (nSPS) is 10.4. The number of aryl methyl sites for hydroxylation is 1. The Morgan fingerprint density at radius 2 is 2.11 bits per heavy atom. The van der Waals surface area contributed by atoms with E-state index in [4.69, 9.17) is 4.74 Å². The monoisotopic (exact) mass is 377 g/mol. The van der Waals surface area contributed by atoms with E-state index in [2.05, 4.69) is 31.9 Å². The quantitative estimate of drug-likeness (QED) is 0.711. The average Bonchev–Trinajstić information content (AvgIpc) is 2.36. The second kappa shape index (κ2) is 7.92. The van der Waals surface area contributed by atoms with Crippen LogP contribution in [0.5, 0.6) is 0 Å². The minimum Gasteiger partial charge on any atom is -0.383 e. The molecule has 0 atom stereocenters. The van der Waals surface area contributed by atoms with Crippen molar-refractivity contribution in [3.63, 3.8) is 0 Å². The zero-order valence-corrected chi connectivity index (χ0v) is 13.8. The number of hydrogen-bond acceptors (Lipinski definition) is 2. The maximum absolute atomic E-state index is 12.4. The van der Waals surface area contributed by atoms with Crippen molar-refractivity contribution in [2.24, 2.45) is 0 Å². The molecule has 0 radical (unpaired) electrons. The van der Waals surface area contributed by atoms with E-state index in [1.807, 2.05) is 25.1 Å². The third-order valence-corrected chi connectivity index (χ3v) is 3.48. The number of carbonyl (C=O) groups is 1. The van der Waals surface area contributed by atoms with Crippen LogP contribution in [0.25, 0.3) is 0 Å². The van der Waals surface area contributed by atoms with Gasteiger partial charge in [-0.25, -0.2) is 0 Å². The molecule has 1 amide bonds. The van der Waals surface area contributed by atoms with Gasteiger partial charge in [-0.15, -0.1) is 0 Å². The van der Waals surface area contributed by atoms with Gasteiger partial charge in [-0.3, -0.25) is 4.79 Å². The number of methoxy groups -OCH3 is 1. The number of amides is 1. The fourth-order valence-electron chi connectivity index (χ4n) is 1.61. The second-order valence-electron chi connectivity index (χ2n) is 3.93. The zero-order valence-electron chi connectivity index (χ0n) is 10.6. The van der Waals surface area contributed by atoms with Gasteiger partial charge in [0.05, 0.1) is 6.61 Å². The lowest BCUT2D eigenvalue weighted by atomic mass is 10.1. The molecule has 0 aliphatic rings. The molecular formula is C13H17Br2NO2. The van der Waals surface area contributed by atoms with Crippen LogP contribution in [-0.4, -0.2) is 42.9 Å². The second-order valence-corrected chi connectivity index (χ2v) is 5.64. The number of carbonyl (C=O) groups excluding carboxylic acids is 1. The number of benzene rings is 1. The molecule has 0 aliphatic heterocycles. The summed E-state index contributed by atoms with van der Waals surface area (Å²) in [5, 5.41) is 0.759. The Hall–Kier alpha value is -0.390. The topological polar surface area (TPSA) is 29.5 Å². The summed E-state index contributed by atoms with van der Waals surface area (Å²) in [7, 11) is 1.64. The first-order chi connectivity index (χ1) is 8.60. The van der Waals surface area contributed by atoms with Gasteiger partial charge in [-0.2, -0.15) is 0 Å². The minimum absolute atomic E-state index is 0.0466. The van der Waals surface area contributed by atoms with Crippen LogP contribution in [0.15, 0.2) is 22.7 Å². The van der Waals surface area contributed by atoms with Gasteiger partial charge in [-0.05, 0) is 24.6 Å². The molecule has 3 nitrogen and oxygen atoms in total. The molecule has 0 aromatic heterocycles. The zero-order chi connectivity index (χ0) is 13.5. The molecule has 100 valence electrons. The highest BCUT2D eigenvalue weighted by Gasteiger charge is 2.17. The van der Waals surface area contributed by atoms with Gasteiger partial charge < -0.3 is 9.64 Å². The van der Waals surface area contributed by atoms with E-state index in [0.29, 0.717) is 19.7 Å². The third kappa shape index (κ3) is 4.37. The van der Waals surface area contributed by atoms with Crippen molar-refractivity contribution in [1.82, 2.24) is 4.90 Å². The number of alkyl halides is 1. The highest BCUT2D eigenvalue weighted by molar-refractivity contribution is 9.10. The molecule has 0 saturated carbocycles. The van der Waals surface area contributed by atoms with Gasteiger partial charge in [0, 0.05) is 35.6 Å². The molecule has 1 aromatic rings. The molecule has 0 aliphatic carbocycles. The lowest BCUT2D eigenvalue weighted by Crippen LogP contribution is -2.35. The lowest BCUT2D eigenvalue weighted by Gasteiger charge is -2.22. The molecule has 18 heavy (non-hydrogen) atoms. The highest BCUT2D eigenvalue weighted by Crippen LogP contribution is 2.18. The van der Waals surface area contributed by atoms with Gasteiger partial charge >= 0.3 is 0 Å². The van der Waals surface area contributed by atoms with E-state index in [-0.39, 0.29) is 5.91 Å². The summed E-state index contributed by atoms with van der Waals surface area (Å²) in [4.78, 5) is 14.2. The number of hydrogen-bond donors (Lipinski definition) is 0. The standard InChI is InChI=1S/C13H17Br2NO2/c1-10-3-4-11(15)9-12(10)13(17)16(6-5-14)7-8-18-2/h3-4,9H,5-8H2,1-2H3. The van der Waals surface area contributed by atoms with Crippen molar-refractivity contribution >= 4 is 37.8 Å².